The average Bonchev–Trinajstić information content (AvgIpc) is 2.81. The van der Waals surface area contributed by atoms with Crippen LogP contribution in [0.1, 0.15) is 18.4 Å². The first-order chi connectivity index (χ1) is 8.78. The highest BCUT2D eigenvalue weighted by atomic mass is 35.5. The maximum Gasteiger partial charge on any atom is 0.119 e. The molecular formula is C13H15ClN2OS. The average molecular weight is 283 g/mol. The number of halogens is 1. The lowest BCUT2D eigenvalue weighted by atomic mass is 10.3. The van der Waals surface area contributed by atoms with E-state index in [-0.39, 0.29) is 0 Å². The largest absolute Gasteiger partial charge is 0.494 e. The predicted molar refractivity (Wildman–Crippen MR) is 76.7 cm³/mol. The summed E-state index contributed by atoms with van der Waals surface area (Å²) in [5.41, 5.74) is 1.05. The number of rotatable bonds is 6. The molecule has 18 heavy (non-hydrogen) atoms. The van der Waals surface area contributed by atoms with Crippen molar-refractivity contribution in [2.45, 2.75) is 19.9 Å². The van der Waals surface area contributed by atoms with Crippen LogP contribution in [-0.2, 0) is 6.54 Å². The van der Waals surface area contributed by atoms with Gasteiger partial charge in [-0.15, -0.1) is 11.3 Å². The van der Waals surface area contributed by atoms with E-state index in [0.29, 0.717) is 6.54 Å². The van der Waals surface area contributed by atoms with E-state index in [1.165, 1.54) is 11.3 Å². The molecule has 1 aromatic carbocycles. The zero-order valence-corrected chi connectivity index (χ0v) is 11.7. The van der Waals surface area contributed by atoms with E-state index in [0.717, 1.165) is 33.8 Å². The molecule has 0 unspecified atom stereocenters. The van der Waals surface area contributed by atoms with Crippen molar-refractivity contribution in [2.24, 2.45) is 0 Å². The van der Waals surface area contributed by atoms with Crippen molar-refractivity contribution in [3.63, 3.8) is 0 Å². The van der Waals surface area contributed by atoms with Gasteiger partial charge in [0.2, 0.25) is 0 Å². The first-order valence-corrected chi connectivity index (χ1v) is 7.04. The Balaban J connectivity index is 1.86. The Morgan fingerprint density at radius 2 is 2.11 bits per heavy atom. The number of aromatic nitrogens is 1. The van der Waals surface area contributed by atoms with Crippen molar-refractivity contribution in [3.05, 3.63) is 39.8 Å². The number of ether oxygens (including phenoxy) is 1. The molecule has 0 bridgehead atoms. The molecule has 96 valence electrons. The number of thiazole rings is 1. The van der Waals surface area contributed by atoms with Crippen LogP contribution in [0.2, 0.25) is 4.34 Å². The molecule has 3 nitrogen and oxygen atoms in total. The first kappa shape index (κ1) is 13.2. The maximum atomic E-state index is 5.82. The normalized spacial score (nSPS) is 10.3. The molecule has 0 saturated carbocycles. The second-order valence-corrected chi connectivity index (χ2v) is 5.53. The minimum atomic E-state index is 0.687. The Labute approximate surface area is 116 Å². The van der Waals surface area contributed by atoms with Gasteiger partial charge in [-0.05, 0) is 30.7 Å². The molecule has 5 heteroatoms. The molecule has 0 aliphatic rings. The highest BCUT2D eigenvalue weighted by Gasteiger charge is 2.00. The second-order valence-electron chi connectivity index (χ2n) is 3.78. The summed E-state index contributed by atoms with van der Waals surface area (Å²) in [6, 6.07) is 7.93. The summed E-state index contributed by atoms with van der Waals surface area (Å²) in [6.07, 6.45) is 2.69. The van der Waals surface area contributed by atoms with E-state index < -0.39 is 0 Å². The molecule has 2 rings (SSSR count). The molecule has 2 aromatic rings. The monoisotopic (exact) mass is 282 g/mol. The molecule has 1 heterocycles. The zero-order valence-electron chi connectivity index (χ0n) is 10.1. The van der Waals surface area contributed by atoms with Crippen LogP contribution in [0, 0.1) is 0 Å². The predicted octanol–water partition coefficient (Wildman–Crippen LogP) is 4.20. The van der Waals surface area contributed by atoms with Crippen molar-refractivity contribution in [1.82, 2.24) is 4.98 Å². The molecule has 0 spiro atoms. The van der Waals surface area contributed by atoms with Gasteiger partial charge in [0.1, 0.15) is 15.1 Å². The fourth-order valence-electron chi connectivity index (χ4n) is 1.44. The lowest BCUT2D eigenvalue weighted by Gasteiger charge is -2.07. The third kappa shape index (κ3) is 3.89. The first-order valence-electron chi connectivity index (χ1n) is 5.85. The van der Waals surface area contributed by atoms with Crippen molar-refractivity contribution in [3.8, 4) is 5.75 Å². The third-order valence-corrected chi connectivity index (χ3v) is 3.41. The van der Waals surface area contributed by atoms with Gasteiger partial charge in [-0.25, -0.2) is 4.98 Å². The molecule has 0 aliphatic heterocycles. The minimum Gasteiger partial charge on any atom is -0.494 e. The number of hydrogen-bond donors (Lipinski definition) is 1. The summed E-state index contributed by atoms with van der Waals surface area (Å²) < 4.78 is 6.24. The molecule has 0 radical (unpaired) electrons. The van der Waals surface area contributed by atoms with Gasteiger partial charge in [0.25, 0.3) is 0 Å². The SMILES string of the molecule is CCCOc1ccc(NCc2ncc(Cl)s2)cc1. The van der Waals surface area contributed by atoms with E-state index >= 15 is 0 Å². The van der Waals surface area contributed by atoms with E-state index in [4.69, 9.17) is 16.3 Å². The summed E-state index contributed by atoms with van der Waals surface area (Å²) >= 11 is 7.31. The molecule has 0 atom stereocenters. The quantitative estimate of drug-likeness (QED) is 0.862. The summed E-state index contributed by atoms with van der Waals surface area (Å²) in [7, 11) is 0. The number of benzene rings is 1. The van der Waals surface area contributed by atoms with Crippen LogP contribution in [-0.4, -0.2) is 11.6 Å². The fourth-order valence-corrected chi connectivity index (χ4v) is 2.33. The van der Waals surface area contributed by atoms with Crippen molar-refractivity contribution >= 4 is 28.6 Å². The Kier molecular flexibility index (Phi) is 4.84. The molecule has 1 aromatic heterocycles. The van der Waals surface area contributed by atoms with E-state index in [2.05, 4.69) is 17.2 Å². The van der Waals surface area contributed by atoms with Crippen LogP contribution in [0.5, 0.6) is 5.75 Å². The molecule has 0 fully saturated rings. The molecule has 0 saturated heterocycles. The van der Waals surface area contributed by atoms with Crippen molar-refractivity contribution < 1.29 is 4.74 Å². The van der Waals surface area contributed by atoms with Gasteiger partial charge in [0.05, 0.1) is 19.3 Å². The molecule has 1 N–H and O–H groups in total. The summed E-state index contributed by atoms with van der Waals surface area (Å²) in [4.78, 5) is 4.19. The number of hydrogen-bond acceptors (Lipinski definition) is 4. The summed E-state index contributed by atoms with van der Waals surface area (Å²) in [5.74, 6) is 0.902. The van der Waals surface area contributed by atoms with Crippen LogP contribution >= 0.6 is 22.9 Å². The summed E-state index contributed by atoms with van der Waals surface area (Å²) in [5, 5.41) is 4.27. The van der Waals surface area contributed by atoms with Gasteiger partial charge in [-0.3, -0.25) is 0 Å². The van der Waals surface area contributed by atoms with E-state index in [9.17, 15) is 0 Å². The third-order valence-electron chi connectivity index (χ3n) is 2.30. The van der Waals surface area contributed by atoms with Crippen LogP contribution in [0.25, 0.3) is 0 Å². The zero-order chi connectivity index (χ0) is 12.8. The second kappa shape index (κ2) is 6.61. The van der Waals surface area contributed by atoms with Crippen LogP contribution < -0.4 is 10.1 Å². The van der Waals surface area contributed by atoms with Crippen LogP contribution in [0.15, 0.2) is 30.5 Å². The maximum absolute atomic E-state index is 5.82. The van der Waals surface area contributed by atoms with Crippen molar-refractivity contribution in [2.75, 3.05) is 11.9 Å². The van der Waals surface area contributed by atoms with Crippen molar-refractivity contribution in [1.29, 1.82) is 0 Å². The number of anilines is 1. The molecule has 0 amide bonds. The number of nitrogens with zero attached hydrogens (tertiary/aromatic N) is 1. The Morgan fingerprint density at radius 3 is 2.72 bits per heavy atom. The summed E-state index contributed by atoms with van der Waals surface area (Å²) in [6.45, 7) is 3.53. The smallest absolute Gasteiger partial charge is 0.119 e. The minimum absolute atomic E-state index is 0.687. The Morgan fingerprint density at radius 1 is 1.33 bits per heavy atom. The lowest BCUT2D eigenvalue weighted by Crippen LogP contribution is -1.99. The Bertz CT molecular complexity index is 484. The lowest BCUT2D eigenvalue weighted by molar-refractivity contribution is 0.317. The van der Waals surface area contributed by atoms with Gasteiger partial charge in [0, 0.05) is 5.69 Å². The molecular weight excluding hydrogens is 268 g/mol. The van der Waals surface area contributed by atoms with Gasteiger partial charge in [-0.2, -0.15) is 0 Å². The Hall–Kier alpha value is -1.26. The topological polar surface area (TPSA) is 34.1 Å². The van der Waals surface area contributed by atoms with E-state index in [1.807, 2.05) is 24.3 Å². The van der Waals surface area contributed by atoms with Crippen LogP contribution in [0.3, 0.4) is 0 Å². The number of nitrogens with one attached hydrogen (secondary N) is 1. The highest BCUT2D eigenvalue weighted by Crippen LogP contribution is 2.20. The van der Waals surface area contributed by atoms with Gasteiger partial charge in [0.15, 0.2) is 0 Å². The van der Waals surface area contributed by atoms with Gasteiger partial charge < -0.3 is 10.1 Å². The van der Waals surface area contributed by atoms with Crippen LogP contribution in [0.4, 0.5) is 5.69 Å². The fraction of sp³-hybridized carbons (Fsp3) is 0.308. The highest BCUT2D eigenvalue weighted by molar-refractivity contribution is 7.15. The molecule has 0 aliphatic carbocycles. The van der Waals surface area contributed by atoms with E-state index in [1.54, 1.807) is 6.20 Å². The van der Waals surface area contributed by atoms with Gasteiger partial charge >= 0.3 is 0 Å². The van der Waals surface area contributed by atoms with Gasteiger partial charge in [-0.1, -0.05) is 18.5 Å². The standard InChI is InChI=1S/C13H15ClN2OS/c1-2-7-17-11-5-3-10(4-6-11)15-9-13-16-8-12(14)18-13/h3-6,8,15H,2,7,9H2,1H3.